The first kappa shape index (κ1) is 16.3. The van der Waals surface area contributed by atoms with Gasteiger partial charge in [-0.25, -0.2) is 4.79 Å². The topological polar surface area (TPSA) is 84.6 Å². The summed E-state index contributed by atoms with van der Waals surface area (Å²) in [6, 6.07) is 9.01. The standard InChI is InChI=1S/C17H22N2O3/c1-15(2,3)19(14(20)21)17(10-16(4,22)11-17)13-7-5-12(9-18)6-8-13/h5-8,22H,10-11H2,1-4H3,(H,20,21). The second kappa shape index (κ2) is 4.99. The van der Waals surface area contributed by atoms with Gasteiger partial charge in [0.05, 0.1) is 22.8 Å². The van der Waals surface area contributed by atoms with Gasteiger partial charge in [0.2, 0.25) is 0 Å². The molecule has 1 aliphatic carbocycles. The summed E-state index contributed by atoms with van der Waals surface area (Å²) in [6.07, 6.45) is -0.322. The van der Waals surface area contributed by atoms with Gasteiger partial charge >= 0.3 is 6.09 Å². The minimum atomic E-state index is -1.01. The molecule has 0 heterocycles. The first-order valence-electron chi connectivity index (χ1n) is 7.28. The average Bonchev–Trinajstić information content (AvgIpc) is 2.34. The average molecular weight is 302 g/mol. The number of rotatable bonds is 2. The van der Waals surface area contributed by atoms with E-state index < -0.39 is 22.8 Å². The molecule has 0 saturated heterocycles. The van der Waals surface area contributed by atoms with Crippen LogP contribution in [0.1, 0.15) is 51.7 Å². The Kier molecular flexibility index (Phi) is 3.70. The second-order valence-electron chi connectivity index (χ2n) is 7.36. The Morgan fingerprint density at radius 2 is 1.77 bits per heavy atom. The zero-order valence-electron chi connectivity index (χ0n) is 13.4. The van der Waals surface area contributed by atoms with Gasteiger partial charge < -0.3 is 10.2 Å². The molecule has 0 atom stereocenters. The van der Waals surface area contributed by atoms with Crippen molar-refractivity contribution in [2.45, 2.75) is 57.2 Å². The smallest absolute Gasteiger partial charge is 0.408 e. The lowest BCUT2D eigenvalue weighted by atomic mass is 9.60. The van der Waals surface area contributed by atoms with Gasteiger partial charge in [-0.1, -0.05) is 12.1 Å². The minimum Gasteiger partial charge on any atom is -0.465 e. The molecule has 1 aromatic carbocycles. The van der Waals surface area contributed by atoms with Crippen molar-refractivity contribution in [3.8, 4) is 6.07 Å². The molecule has 1 amide bonds. The highest BCUT2D eigenvalue weighted by molar-refractivity contribution is 5.68. The summed E-state index contributed by atoms with van der Waals surface area (Å²) < 4.78 is 0. The lowest BCUT2D eigenvalue weighted by molar-refractivity contribution is -0.152. The van der Waals surface area contributed by atoms with Gasteiger partial charge in [-0.2, -0.15) is 5.26 Å². The Balaban J connectivity index is 2.53. The van der Waals surface area contributed by atoms with Crippen molar-refractivity contribution in [3.05, 3.63) is 35.4 Å². The molecule has 0 aliphatic heterocycles. The van der Waals surface area contributed by atoms with Crippen molar-refractivity contribution in [1.29, 1.82) is 5.26 Å². The zero-order chi connectivity index (χ0) is 16.8. The van der Waals surface area contributed by atoms with Crippen molar-refractivity contribution in [3.63, 3.8) is 0 Å². The third kappa shape index (κ3) is 2.67. The Labute approximate surface area is 130 Å². The van der Waals surface area contributed by atoms with E-state index in [1.54, 1.807) is 31.2 Å². The number of nitrogens with zero attached hydrogens (tertiary/aromatic N) is 2. The van der Waals surface area contributed by atoms with Crippen LogP contribution in [-0.4, -0.2) is 32.3 Å². The van der Waals surface area contributed by atoms with E-state index in [-0.39, 0.29) is 0 Å². The van der Waals surface area contributed by atoms with Gasteiger partial charge in [0.1, 0.15) is 0 Å². The summed E-state index contributed by atoms with van der Waals surface area (Å²) in [6.45, 7) is 7.26. The number of nitriles is 1. The maximum absolute atomic E-state index is 11.9. The second-order valence-corrected chi connectivity index (χ2v) is 7.36. The van der Waals surface area contributed by atoms with Crippen LogP contribution in [0.15, 0.2) is 24.3 Å². The van der Waals surface area contributed by atoms with E-state index in [9.17, 15) is 15.0 Å². The van der Waals surface area contributed by atoms with E-state index in [0.717, 1.165) is 5.56 Å². The van der Waals surface area contributed by atoms with Gasteiger partial charge in [0, 0.05) is 18.4 Å². The van der Waals surface area contributed by atoms with Crippen LogP contribution in [0.5, 0.6) is 0 Å². The molecule has 1 aromatic rings. The van der Waals surface area contributed by atoms with Crippen molar-refractivity contribution in [1.82, 2.24) is 4.90 Å². The summed E-state index contributed by atoms with van der Waals surface area (Å²) in [5.74, 6) is 0. The largest absolute Gasteiger partial charge is 0.465 e. The van der Waals surface area contributed by atoms with Crippen LogP contribution >= 0.6 is 0 Å². The molecular formula is C17H22N2O3. The molecule has 118 valence electrons. The highest BCUT2D eigenvalue weighted by atomic mass is 16.4. The number of benzene rings is 1. The van der Waals surface area contributed by atoms with Gasteiger partial charge in [-0.05, 0) is 45.4 Å². The molecule has 1 fully saturated rings. The highest BCUT2D eigenvalue weighted by Gasteiger charge is 2.59. The fourth-order valence-corrected chi connectivity index (χ4v) is 3.67. The number of carboxylic acid groups (broad SMARTS) is 1. The monoisotopic (exact) mass is 302 g/mol. The molecule has 5 nitrogen and oxygen atoms in total. The van der Waals surface area contributed by atoms with Gasteiger partial charge in [-0.15, -0.1) is 0 Å². The molecular weight excluding hydrogens is 280 g/mol. The minimum absolute atomic E-state index is 0.343. The number of hydrogen-bond donors (Lipinski definition) is 2. The number of carbonyl (C=O) groups is 1. The van der Waals surface area contributed by atoms with Gasteiger partial charge in [-0.3, -0.25) is 4.90 Å². The zero-order valence-corrected chi connectivity index (χ0v) is 13.4. The summed E-state index contributed by atoms with van der Waals surface area (Å²) >= 11 is 0. The lowest BCUT2D eigenvalue weighted by Gasteiger charge is -2.60. The van der Waals surface area contributed by atoms with Crippen LogP contribution in [-0.2, 0) is 5.54 Å². The molecule has 22 heavy (non-hydrogen) atoms. The lowest BCUT2D eigenvalue weighted by Crippen LogP contribution is -2.67. The summed E-state index contributed by atoms with van der Waals surface area (Å²) in [7, 11) is 0. The fourth-order valence-electron chi connectivity index (χ4n) is 3.67. The quantitative estimate of drug-likeness (QED) is 0.879. The van der Waals surface area contributed by atoms with E-state index in [1.807, 2.05) is 20.8 Å². The molecule has 0 aromatic heterocycles. The Morgan fingerprint density at radius 1 is 1.27 bits per heavy atom. The van der Waals surface area contributed by atoms with E-state index in [1.165, 1.54) is 4.90 Å². The van der Waals surface area contributed by atoms with Crippen LogP contribution in [0.25, 0.3) is 0 Å². The van der Waals surface area contributed by atoms with Crippen LogP contribution < -0.4 is 0 Å². The first-order chi connectivity index (χ1) is 10.0. The predicted octanol–water partition coefficient (Wildman–Crippen LogP) is 3.08. The molecule has 0 unspecified atom stereocenters. The van der Waals surface area contributed by atoms with Crippen LogP contribution in [0.3, 0.4) is 0 Å². The van der Waals surface area contributed by atoms with E-state index in [2.05, 4.69) is 6.07 Å². The molecule has 2 N–H and O–H groups in total. The molecule has 0 spiro atoms. The maximum atomic E-state index is 11.9. The third-order valence-electron chi connectivity index (χ3n) is 4.19. The fraction of sp³-hybridized carbons (Fsp3) is 0.529. The van der Waals surface area contributed by atoms with E-state index in [4.69, 9.17) is 5.26 Å². The predicted molar refractivity (Wildman–Crippen MR) is 82.3 cm³/mol. The molecule has 5 heteroatoms. The third-order valence-corrected chi connectivity index (χ3v) is 4.19. The highest BCUT2D eigenvalue weighted by Crippen LogP contribution is 2.54. The summed E-state index contributed by atoms with van der Waals surface area (Å²) in [4.78, 5) is 13.3. The molecule has 1 aliphatic rings. The molecule has 0 radical (unpaired) electrons. The van der Waals surface area contributed by atoms with Gasteiger partial charge in [0.15, 0.2) is 0 Å². The van der Waals surface area contributed by atoms with Crippen molar-refractivity contribution >= 4 is 6.09 Å². The summed E-state index contributed by atoms with van der Waals surface area (Å²) in [5, 5.41) is 28.9. The van der Waals surface area contributed by atoms with Crippen molar-refractivity contribution in [2.24, 2.45) is 0 Å². The number of amides is 1. The molecule has 0 bridgehead atoms. The summed E-state index contributed by atoms with van der Waals surface area (Å²) in [5.41, 5.74) is -0.900. The van der Waals surface area contributed by atoms with Crippen LogP contribution in [0.2, 0.25) is 0 Å². The van der Waals surface area contributed by atoms with Crippen LogP contribution in [0, 0.1) is 11.3 Å². The normalized spacial score (nSPS) is 27.6. The first-order valence-corrected chi connectivity index (χ1v) is 7.28. The maximum Gasteiger partial charge on any atom is 0.408 e. The molecule has 1 saturated carbocycles. The Morgan fingerprint density at radius 3 is 2.09 bits per heavy atom. The van der Waals surface area contributed by atoms with E-state index in [0.29, 0.717) is 18.4 Å². The van der Waals surface area contributed by atoms with Gasteiger partial charge in [0.25, 0.3) is 0 Å². The van der Waals surface area contributed by atoms with Crippen molar-refractivity contribution in [2.75, 3.05) is 0 Å². The number of hydrogen-bond acceptors (Lipinski definition) is 3. The number of aliphatic hydroxyl groups is 1. The van der Waals surface area contributed by atoms with Crippen LogP contribution in [0.4, 0.5) is 4.79 Å². The van der Waals surface area contributed by atoms with E-state index >= 15 is 0 Å². The Hall–Kier alpha value is -2.06. The van der Waals surface area contributed by atoms with Crippen molar-refractivity contribution < 1.29 is 15.0 Å². The molecule has 2 rings (SSSR count). The SMILES string of the molecule is CC1(O)CC(c2ccc(C#N)cc2)(N(C(=O)O)C(C)(C)C)C1. The Bertz CT molecular complexity index is 613.